The van der Waals surface area contributed by atoms with Crippen LogP contribution in [-0.2, 0) is 6.54 Å². The smallest absolute Gasteiger partial charge is 0.104 e. The highest BCUT2D eigenvalue weighted by Crippen LogP contribution is 2.28. The van der Waals surface area contributed by atoms with Crippen LogP contribution in [-0.4, -0.2) is 17.0 Å². The van der Waals surface area contributed by atoms with Crippen molar-refractivity contribution in [2.75, 3.05) is 11.9 Å². The van der Waals surface area contributed by atoms with Gasteiger partial charge in [0.2, 0.25) is 0 Å². The van der Waals surface area contributed by atoms with E-state index in [1.165, 1.54) is 4.88 Å². The van der Waals surface area contributed by atoms with Crippen molar-refractivity contribution in [1.82, 2.24) is 4.98 Å². The van der Waals surface area contributed by atoms with Crippen LogP contribution in [0.5, 0.6) is 0 Å². The highest BCUT2D eigenvalue weighted by Gasteiger charge is 2.10. The molecule has 100 valence electrons. The first kappa shape index (κ1) is 14.4. The van der Waals surface area contributed by atoms with E-state index in [1.807, 2.05) is 30.6 Å². The van der Waals surface area contributed by atoms with Crippen LogP contribution in [0.25, 0.3) is 0 Å². The van der Waals surface area contributed by atoms with Crippen LogP contribution in [0.2, 0.25) is 0 Å². The van der Waals surface area contributed by atoms with Crippen molar-refractivity contribution in [3.63, 3.8) is 0 Å². The van der Waals surface area contributed by atoms with Crippen LogP contribution in [0.4, 0.5) is 5.69 Å². The van der Waals surface area contributed by atoms with E-state index in [4.69, 9.17) is 18.0 Å². The Labute approximate surface area is 130 Å². The first-order valence-corrected chi connectivity index (χ1v) is 7.76. The zero-order chi connectivity index (χ0) is 14.0. The minimum absolute atomic E-state index is 0.410. The molecule has 2 N–H and O–H groups in total. The van der Waals surface area contributed by atoms with E-state index >= 15 is 0 Å². The summed E-state index contributed by atoms with van der Waals surface area (Å²) in [7, 11) is 2.06. The molecular formula is C13H14BrN3S2. The summed E-state index contributed by atoms with van der Waals surface area (Å²) in [6.45, 7) is 2.87. The van der Waals surface area contributed by atoms with E-state index in [9.17, 15) is 0 Å². The Bertz CT molecular complexity index is 610. The summed E-state index contributed by atoms with van der Waals surface area (Å²) in [5.74, 6) is 0. The fourth-order valence-electron chi connectivity index (χ4n) is 1.75. The van der Waals surface area contributed by atoms with Crippen molar-refractivity contribution < 1.29 is 0 Å². The van der Waals surface area contributed by atoms with Crippen molar-refractivity contribution >= 4 is 50.2 Å². The molecule has 19 heavy (non-hydrogen) atoms. The lowest BCUT2D eigenvalue weighted by molar-refractivity contribution is 0.923. The third kappa shape index (κ3) is 3.32. The van der Waals surface area contributed by atoms with E-state index < -0.39 is 0 Å². The van der Waals surface area contributed by atoms with Crippen molar-refractivity contribution in [2.45, 2.75) is 13.5 Å². The summed E-state index contributed by atoms with van der Waals surface area (Å²) in [5.41, 5.74) is 10.6. The second kappa shape index (κ2) is 5.98. The number of benzene rings is 1. The molecule has 0 aliphatic carbocycles. The number of rotatable bonds is 4. The molecule has 0 atom stereocenters. The van der Waals surface area contributed by atoms with Gasteiger partial charge in [0.15, 0.2) is 0 Å². The summed E-state index contributed by atoms with van der Waals surface area (Å²) in [5, 5.41) is 0. The molecule has 0 aliphatic heterocycles. The Morgan fingerprint density at radius 1 is 1.53 bits per heavy atom. The van der Waals surface area contributed by atoms with Gasteiger partial charge in [-0.3, -0.25) is 0 Å². The van der Waals surface area contributed by atoms with E-state index in [0.29, 0.717) is 4.99 Å². The third-order valence-electron chi connectivity index (χ3n) is 2.87. The maximum Gasteiger partial charge on any atom is 0.104 e. The van der Waals surface area contributed by atoms with Crippen LogP contribution in [0.15, 0.2) is 28.2 Å². The van der Waals surface area contributed by atoms with Gasteiger partial charge in [-0.25, -0.2) is 4.98 Å². The summed E-state index contributed by atoms with van der Waals surface area (Å²) in [6, 6.07) is 5.92. The molecular weight excluding hydrogens is 342 g/mol. The molecule has 6 heteroatoms. The molecule has 2 aromatic rings. The second-order valence-corrected chi connectivity index (χ2v) is 6.48. The zero-order valence-corrected chi connectivity index (χ0v) is 13.9. The molecule has 0 bridgehead atoms. The van der Waals surface area contributed by atoms with Crippen LogP contribution in [0, 0.1) is 6.92 Å². The second-order valence-electron chi connectivity index (χ2n) is 4.25. The maximum absolute atomic E-state index is 5.63. The van der Waals surface area contributed by atoms with Crippen LogP contribution >= 0.6 is 39.5 Å². The van der Waals surface area contributed by atoms with Crippen molar-refractivity contribution in [1.29, 1.82) is 0 Å². The highest BCUT2D eigenvalue weighted by molar-refractivity contribution is 9.10. The SMILES string of the molecule is Cc1ncsc1CN(C)c1ccc(C(N)=S)cc1Br. The maximum atomic E-state index is 5.63. The zero-order valence-electron chi connectivity index (χ0n) is 10.7. The molecule has 0 amide bonds. The van der Waals surface area contributed by atoms with Gasteiger partial charge in [0.05, 0.1) is 23.4 Å². The first-order valence-electron chi connectivity index (χ1n) is 5.68. The minimum atomic E-state index is 0.410. The molecule has 0 spiro atoms. The molecule has 0 saturated carbocycles. The number of hydrogen-bond donors (Lipinski definition) is 1. The third-order valence-corrected chi connectivity index (χ3v) is 4.66. The molecule has 0 unspecified atom stereocenters. The number of halogens is 1. The molecule has 0 fully saturated rings. The molecule has 0 saturated heterocycles. The largest absolute Gasteiger partial charge is 0.389 e. The van der Waals surface area contributed by atoms with Gasteiger partial charge in [-0.2, -0.15) is 0 Å². The van der Waals surface area contributed by atoms with Crippen LogP contribution < -0.4 is 10.6 Å². The average Bonchev–Trinajstić information content (AvgIpc) is 2.74. The Kier molecular flexibility index (Phi) is 4.54. The molecule has 1 aromatic heterocycles. The predicted octanol–water partition coefficient (Wildman–Crippen LogP) is 3.48. The number of hydrogen-bond acceptors (Lipinski definition) is 4. The lowest BCUT2D eigenvalue weighted by atomic mass is 10.2. The Morgan fingerprint density at radius 2 is 2.26 bits per heavy atom. The molecule has 1 heterocycles. The van der Waals surface area contributed by atoms with Gasteiger partial charge in [0, 0.05) is 22.0 Å². The monoisotopic (exact) mass is 355 g/mol. The van der Waals surface area contributed by atoms with Gasteiger partial charge >= 0.3 is 0 Å². The average molecular weight is 356 g/mol. The molecule has 3 nitrogen and oxygen atoms in total. The standard InChI is InChI=1S/C13H14BrN3S2/c1-8-12(19-7-16-8)6-17(2)11-4-3-9(13(15)18)5-10(11)14/h3-5,7H,6H2,1-2H3,(H2,15,18). The van der Waals surface area contributed by atoms with Gasteiger partial charge < -0.3 is 10.6 Å². The van der Waals surface area contributed by atoms with Crippen molar-refractivity contribution in [2.24, 2.45) is 5.73 Å². The van der Waals surface area contributed by atoms with Gasteiger partial charge in [0.25, 0.3) is 0 Å². The Hall–Kier alpha value is -0.980. The fourth-order valence-corrected chi connectivity index (χ4v) is 3.39. The number of nitrogens with zero attached hydrogens (tertiary/aromatic N) is 2. The van der Waals surface area contributed by atoms with Gasteiger partial charge in [-0.15, -0.1) is 11.3 Å². The van der Waals surface area contributed by atoms with Crippen molar-refractivity contribution in [3.8, 4) is 0 Å². The molecule has 2 rings (SSSR count). The lowest BCUT2D eigenvalue weighted by Crippen LogP contribution is -2.17. The summed E-state index contributed by atoms with van der Waals surface area (Å²) in [4.78, 5) is 8.13. The van der Waals surface area contributed by atoms with E-state index in [1.54, 1.807) is 11.3 Å². The first-order chi connectivity index (χ1) is 8.99. The Balaban J connectivity index is 2.22. The normalized spacial score (nSPS) is 10.5. The van der Waals surface area contributed by atoms with Gasteiger partial charge in [-0.1, -0.05) is 12.2 Å². The molecule has 0 radical (unpaired) electrons. The number of aromatic nitrogens is 1. The molecule has 1 aromatic carbocycles. The van der Waals surface area contributed by atoms with E-state index in [-0.39, 0.29) is 0 Å². The predicted molar refractivity (Wildman–Crippen MR) is 89.0 cm³/mol. The summed E-state index contributed by atoms with van der Waals surface area (Å²) >= 11 is 10.2. The highest BCUT2D eigenvalue weighted by atomic mass is 79.9. The van der Waals surface area contributed by atoms with Gasteiger partial charge in [-0.05, 0) is 41.1 Å². The lowest BCUT2D eigenvalue weighted by Gasteiger charge is -2.20. The van der Waals surface area contributed by atoms with E-state index in [2.05, 4.69) is 32.9 Å². The van der Waals surface area contributed by atoms with Gasteiger partial charge in [0.1, 0.15) is 4.99 Å². The van der Waals surface area contributed by atoms with Crippen LogP contribution in [0.1, 0.15) is 16.1 Å². The minimum Gasteiger partial charge on any atom is -0.389 e. The summed E-state index contributed by atoms with van der Waals surface area (Å²) < 4.78 is 0.988. The number of aryl methyl sites for hydroxylation is 1. The van der Waals surface area contributed by atoms with Crippen molar-refractivity contribution in [3.05, 3.63) is 44.3 Å². The topological polar surface area (TPSA) is 42.2 Å². The molecule has 0 aliphatic rings. The number of anilines is 1. The number of thiazole rings is 1. The number of thiocarbonyl (C=S) groups is 1. The van der Waals surface area contributed by atoms with E-state index in [0.717, 1.165) is 28.0 Å². The quantitative estimate of drug-likeness (QED) is 0.852. The summed E-state index contributed by atoms with van der Waals surface area (Å²) in [6.07, 6.45) is 0. The number of nitrogens with two attached hydrogens (primary N) is 1. The fraction of sp³-hybridized carbons (Fsp3) is 0.231. The van der Waals surface area contributed by atoms with Crippen LogP contribution in [0.3, 0.4) is 0 Å². The Morgan fingerprint density at radius 3 is 2.79 bits per heavy atom.